The van der Waals surface area contributed by atoms with Crippen LogP contribution in [0.4, 0.5) is 0 Å². The number of nitrogens with zero attached hydrogens (tertiary/aromatic N) is 1. The topological polar surface area (TPSA) is 54.9 Å². The lowest BCUT2D eigenvalue weighted by Gasteiger charge is -1.98. The normalized spacial score (nSPS) is 10.4. The molecule has 1 aromatic heterocycles. The molecule has 0 saturated carbocycles. The lowest BCUT2D eigenvalue weighted by molar-refractivity contribution is 0.103. The number of ketones is 1. The second-order valence-corrected chi connectivity index (χ2v) is 4.59. The Kier molecular flexibility index (Phi) is 3.71. The maximum absolute atomic E-state index is 12.3. The summed E-state index contributed by atoms with van der Waals surface area (Å²) in [7, 11) is 0. The van der Waals surface area contributed by atoms with Gasteiger partial charge in [0.05, 0.1) is 6.54 Å². The molecule has 0 bridgehead atoms. The minimum Gasteiger partial charge on any atom is -0.299 e. The quantitative estimate of drug-likeness (QED) is 0.689. The summed E-state index contributed by atoms with van der Waals surface area (Å²) in [5, 5.41) is 3.41. The van der Waals surface area contributed by atoms with Crippen LogP contribution in [0.25, 0.3) is 0 Å². The Bertz CT molecular complexity index is 680. The van der Waals surface area contributed by atoms with Gasteiger partial charge in [-0.25, -0.2) is 4.68 Å². The van der Waals surface area contributed by atoms with Gasteiger partial charge < -0.3 is 0 Å². The smallest absolute Gasteiger partial charge is 0.278 e. The number of hydrogen-bond donors (Lipinski definition) is 1. The van der Waals surface area contributed by atoms with Gasteiger partial charge >= 0.3 is 0 Å². The first kappa shape index (κ1) is 13.4. The summed E-state index contributed by atoms with van der Waals surface area (Å²) < 4.78 is 1.35. The number of carbonyl (C=O) groups excluding carboxylic acids is 1. The molecule has 0 spiro atoms. The maximum atomic E-state index is 12.3. The third-order valence-electron chi connectivity index (χ3n) is 2.78. The fraction of sp³-hybridized carbons (Fsp3) is 0.143. The lowest BCUT2D eigenvalue weighted by atomic mass is 10.0. The number of allylic oxidation sites excluding steroid dienone is 1. The highest BCUT2D eigenvalue weighted by atomic mass is 35.5. The molecular weight excluding hydrogens is 264 g/mol. The number of aryl methyl sites for hydroxylation is 1. The lowest BCUT2D eigenvalue weighted by Crippen LogP contribution is -2.21. The molecule has 0 radical (unpaired) electrons. The van der Waals surface area contributed by atoms with E-state index in [1.54, 1.807) is 37.3 Å². The molecule has 1 heterocycles. The predicted molar refractivity (Wildman–Crippen MR) is 74.9 cm³/mol. The number of carbonyl (C=O) groups is 1. The van der Waals surface area contributed by atoms with Crippen molar-refractivity contribution < 1.29 is 4.79 Å². The summed E-state index contributed by atoms with van der Waals surface area (Å²) in [6, 6.07) is 6.46. The first-order valence-corrected chi connectivity index (χ1v) is 6.13. The molecule has 2 rings (SSSR count). The minimum atomic E-state index is -0.336. The molecule has 19 heavy (non-hydrogen) atoms. The summed E-state index contributed by atoms with van der Waals surface area (Å²) in [6.45, 7) is 5.61. The zero-order valence-corrected chi connectivity index (χ0v) is 11.2. The second kappa shape index (κ2) is 5.28. The minimum absolute atomic E-state index is 0.157. The van der Waals surface area contributed by atoms with Gasteiger partial charge in [0, 0.05) is 16.3 Å². The van der Waals surface area contributed by atoms with E-state index >= 15 is 0 Å². The Balaban J connectivity index is 2.47. The molecule has 0 aliphatic heterocycles. The molecule has 98 valence electrons. The van der Waals surface area contributed by atoms with E-state index < -0.39 is 0 Å². The van der Waals surface area contributed by atoms with Crippen LogP contribution in [-0.2, 0) is 6.54 Å². The van der Waals surface area contributed by atoms with Crippen LogP contribution in [0.15, 0.2) is 41.7 Å². The molecule has 1 aromatic carbocycles. The van der Waals surface area contributed by atoms with E-state index in [0.717, 1.165) is 0 Å². The number of aromatic nitrogens is 2. The van der Waals surface area contributed by atoms with Crippen LogP contribution in [0.5, 0.6) is 0 Å². The van der Waals surface area contributed by atoms with Gasteiger partial charge in [-0.2, -0.15) is 0 Å². The highest BCUT2D eigenvalue weighted by Crippen LogP contribution is 2.13. The van der Waals surface area contributed by atoms with Crippen molar-refractivity contribution in [2.24, 2.45) is 0 Å². The number of aromatic amines is 1. The third kappa shape index (κ3) is 2.53. The van der Waals surface area contributed by atoms with E-state index in [9.17, 15) is 9.59 Å². The highest BCUT2D eigenvalue weighted by molar-refractivity contribution is 6.30. The fourth-order valence-electron chi connectivity index (χ4n) is 1.88. The molecule has 0 aliphatic rings. The largest absolute Gasteiger partial charge is 0.299 e. The molecule has 0 atom stereocenters. The van der Waals surface area contributed by atoms with Gasteiger partial charge in [-0.05, 0) is 31.2 Å². The summed E-state index contributed by atoms with van der Waals surface area (Å²) >= 11 is 5.78. The number of benzene rings is 1. The SMILES string of the molecule is C=CCn1[nH]c(C)c(C(=O)c2ccc(Cl)cc2)c1=O. The molecule has 2 aromatic rings. The van der Waals surface area contributed by atoms with Crippen molar-refractivity contribution in [1.29, 1.82) is 0 Å². The van der Waals surface area contributed by atoms with Crippen molar-refractivity contribution in [1.82, 2.24) is 9.78 Å². The van der Waals surface area contributed by atoms with Crippen molar-refractivity contribution in [3.05, 3.63) is 69.1 Å². The summed E-state index contributed by atoms with van der Waals surface area (Å²) in [6.07, 6.45) is 1.59. The predicted octanol–water partition coefficient (Wildman–Crippen LogP) is 2.56. The van der Waals surface area contributed by atoms with Crippen LogP contribution in [-0.4, -0.2) is 15.6 Å². The fourth-order valence-corrected chi connectivity index (χ4v) is 2.00. The Morgan fingerprint density at radius 2 is 2.05 bits per heavy atom. The average Bonchev–Trinajstić information content (AvgIpc) is 2.65. The van der Waals surface area contributed by atoms with Crippen molar-refractivity contribution in [3.8, 4) is 0 Å². The van der Waals surface area contributed by atoms with Crippen molar-refractivity contribution in [2.75, 3.05) is 0 Å². The monoisotopic (exact) mass is 276 g/mol. The van der Waals surface area contributed by atoms with Crippen LogP contribution in [0.1, 0.15) is 21.6 Å². The van der Waals surface area contributed by atoms with Crippen LogP contribution < -0.4 is 5.56 Å². The van der Waals surface area contributed by atoms with Crippen LogP contribution in [0, 0.1) is 6.92 Å². The van der Waals surface area contributed by atoms with Crippen LogP contribution in [0.3, 0.4) is 0 Å². The van der Waals surface area contributed by atoms with Gasteiger partial charge in [0.15, 0.2) is 5.78 Å². The first-order valence-electron chi connectivity index (χ1n) is 5.75. The Hall–Kier alpha value is -2.07. The van der Waals surface area contributed by atoms with E-state index in [-0.39, 0.29) is 16.9 Å². The van der Waals surface area contributed by atoms with Crippen molar-refractivity contribution in [2.45, 2.75) is 13.5 Å². The zero-order valence-electron chi connectivity index (χ0n) is 10.4. The van der Waals surface area contributed by atoms with E-state index in [1.807, 2.05) is 0 Å². The molecule has 0 fully saturated rings. The van der Waals surface area contributed by atoms with E-state index in [1.165, 1.54) is 4.68 Å². The van der Waals surface area contributed by atoms with E-state index in [4.69, 9.17) is 11.6 Å². The standard InChI is InChI=1S/C14H13ClN2O2/c1-3-8-17-14(19)12(9(2)16-17)13(18)10-4-6-11(15)7-5-10/h3-7,16H,1,8H2,2H3. The van der Waals surface area contributed by atoms with Crippen LogP contribution in [0.2, 0.25) is 5.02 Å². The van der Waals surface area contributed by atoms with Gasteiger partial charge in [0.25, 0.3) is 5.56 Å². The Morgan fingerprint density at radius 1 is 1.42 bits per heavy atom. The van der Waals surface area contributed by atoms with Crippen molar-refractivity contribution in [3.63, 3.8) is 0 Å². The van der Waals surface area contributed by atoms with E-state index in [2.05, 4.69) is 11.7 Å². The van der Waals surface area contributed by atoms with Gasteiger partial charge in [-0.1, -0.05) is 17.7 Å². The van der Waals surface area contributed by atoms with Gasteiger partial charge in [0.2, 0.25) is 0 Å². The van der Waals surface area contributed by atoms with Gasteiger partial charge in [-0.15, -0.1) is 6.58 Å². The number of H-pyrrole nitrogens is 1. The number of rotatable bonds is 4. The second-order valence-electron chi connectivity index (χ2n) is 4.15. The molecule has 4 nitrogen and oxygen atoms in total. The summed E-state index contributed by atoms with van der Waals surface area (Å²) in [5.41, 5.74) is 0.808. The number of nitrogens with one attached hydrogen (secondary N) is 1. The average molecular weight is 277 g/mol. The molecule has 0 aliphatic carbocycles. The summed E-state index contributed by atoms with van der Waals surface area (Å²) in [5.74, 6) is -0.307. The van der Waals surface area contributed by atoms with Gasteiger partial charge in [0.1, 0.15) is 5.56 Å². The zero-order chi connectivity index (χ0) is 14.0. The molecule has 0 unspecified atom stereocenters. The maximum Gasteiger partial charge on any atom is 0.278 e. The molecular formula is C14H13ClN2O2. The number of hydrogen-bond acceptors (Lipinski definition) is 2. The first-order chi connectivity index (χ1) is 9.04. The van der Waals surface area contributed by atoms with Crippen molar-refractivity contribution >= 4 is 17.4 Å². The summed E-state index contributed by atoms with van der Waals surface area (Å²) in [4.78, 5) is 24.4. The Morgan fingerprint density at radius 3 is 2.63 bits per heavy atom. The molecule has 1 N–H and O–H groups in total. The highest BCUT2D eigenvalue weighted by Gasteiger charge is 2.19. The molecule has 0 saturated heterocycles. The van der Waals surface area contributed by atoms with Gasteiger partial charge in [-0.3, -0.25) is 14.7 Å². The molecule has 5 heteroatoms. The molecule has 0 amide bonds. The van der Waals surface area contributed by atoms with Crippen LogP contribution >= 0.6 is 11.6 Å². The number of halogens is 1. The third-order valence-corrected chi connectivity index (χ3v) is 3.03. The van der Waals surface area contributed by atoms with E-state index in [0.29, 0.717) is 22.8 Å². The Labute approximate surface area is 115 Å².